The van der Waals surface area contributed by atoms with E-state index in [1.165, 1.54) is 11.8 Å². The van der Waals surface area contributed by atoms with Gasteiger partial charge in [-0.05, 0) is 65.9 Å². The third kappa shape index (κ3) is 6.33. The molecule has 1 heterocycles. The second kappa shape index (κ2) is 11.0. The number of benzene rings is 3. The van der Waals surface area contributed by atoms with Gasteiger partial charge in [-0.1, -0.05) is 59.1 Å². The molecule has 10 heteroatoms. The second-order valence-corrected chi connectivity index (χ2v) is 9.23. The van der Waals surface area contributed by atoms with Crippen molar-refractivity contribution in [1.82, 2.24) is 5.32 Å². The first-order valence-electron chi connectivity index (χ1n) is 9.89. The molecule has 0 aliphatic carbocycles. The van der Waals surface area contributed by atoms with E-state index >= 15 is 0 Å². The number of carbonyl (C=O) groups excluding carboxylic acids is 2. The summed E-state index contributed by atoms with van der Waals surface area (Å²) in [5.41, 5.74) is 1.95. The number of nitrogens with one attached hydrogen (secondary N) is 2. The van der Waals surface area contributed by atoms with E-state index in [1.807, 2.05) is 30.3 Å². The highest BCUT2D eigenvalue weighted by Crippen LogP contribution is 2.31. The Labute approximate surface area is 215 Å². The predicted molar refractivity (Wildman–Crippen MR) is 139 cm³/mol. The van der Waals surface area contributed by atoms with E-state index < -0.39 is 0 Å². The van der Waals surface area contributed by atoms with Crippen molar-refractivity contribution in [3.63, 3.8) is 0 Å². The third-order valence-corrected chi connectivity index (χ3v) is 6.40. The Kier molecular flexibility index (Phi) is 7.80. The van der Waals surface area contributed by atoms with E-state index in [-0.39, 0.29) is 18.4 Å². The first-order chi connectivity index (χ1) is 16.4. The van der Waals surface area contributed by atoms with Crippen molar-refractivity contribution in [2.75, 3.05) is 11.9 Å². The van der Waals surface area contributed by atoms with Gasteiger partial charge in [0.25, 0.3) is 11.8 Å². The Morgan fingerprint density at radius 1 is 1.00 bits per heavy atom. The fraction of sp³-hybridized carbons (Fsp3) is 0.0417. The minimum Gasteiger partial charge on any atom is -0.482 e. The van der Waals surface area contributed by atoms with Gasteiger partial charge in [-0.3, -0.25) is 9.59 Å². The smallest absolute Gasteiger partial charge is 0.264 e. The van der Waals surface area contributed by atoms with Crippen LogP contribution in [-0.4, -0.2) is 23.6 Å². The first kappa shape index (κ1) is 24.2. The van der Waals surface area contributed by atoms with E-state index in [0.29, 0.717) is 42.1 Å². The van der Waals surface area contributed by atoms with Gasteiger partial charge in [-0.2, -0.15) is 0 Å². The Morgan fingerprint density at radius 3 is 2.53 bits per heavy atom. The number of hydrogen-bond donors (Lipinski definition) is 2. The number of nitrogens with zero attached hydrogens (tertiary/aromatic N) is 1. The zero-order valence-electron chi connectivity index (χ0n) is 17.3. The molecule has 4 rings (SSSR count). The molecule has 0 aromatic heterocycles. The molecule has 0 radical (unpaired) electrons. The molecule has 0 unspecified atom stereocenters. The molecule has 1 saturated heterocycles. The van der Waals surface area contributed by atoms with Gasteiger partial charge in [0.1, 0.15) is 5.75 Å². The van der Waals surface area contributed by atoms with Crippen molar-refractivity contribution < 1.29 is 14.3 Å². The summed E-state index contributed by atoms with van der Waals surface area (Å²) in [5, 5.41) is 6.95. The van der Waals surface area contributed by atoms with Crippen molar-refractivity contribution in [2.45, 2.75) is 0 Å². The standard InChI is InChI=1S/C24H16Cl3N3O3S/c25-17-8-7-16(12-18(17)26)28-22(31)13-33-20-9-6-14(10-19(20)27)11-21-23(32)30-24(34-21)29-15-4-2-1-3-5-15/h1-12H,13H2,(H,28,31)(H,29,30,32)/b21-11+. The van der Waals surface area contributed by atoms with Gasteiger partial charge in [0.2, 0.25) is 0 Å². The lowest BCUT2D eigenvalue weighted by atomic mass is 10.2. The summed E-state index contributed by atoms with van der Waals surface area (Å²) in [4.78, 5) is 29.4. The van der Waals surface area contributed by atoms with Crippen LogP contribution in [0.25, 0.3) is 6.08 Å². The van der Waals surface area contributed by atoms with Crippen molar-refractivity contribution in [3.05, 3.63) is 92.3 Å². The number of rotatable bonds is 6. The first-order valence-corrected chi connectivity index (χ1v) is 11.8. The number of hydrogen-bond acceptors (Lipinski definition) is 5. The number of thioether (sulfide) groups is 1. The number of halogens is 3. The highest BCUT2D eigenvalue weighted by atomic mass is 35.5. The molecule has 1 fully saturated rings. The zero-order chi connectivity index (χ0) is 24.1. The molecule has 172 valence electrons. The minimum absolute atomic E-state index is 0.241. The molecular formula is C24H16Cl3N3O3S. The molecule has 6 nitrogen and oxygen atoms in total. The van der Waals surface area contributed by atoms with Crippen molar-refractivity contribution >= 4 is 81.0 Å². The Bertz CT molecular complexity index is 1310. The van der Waals surface area contributed by atoms with Crippen LogP contribution in [0, 0.1) is 0 Å². The van der Waals surface area contributed by atoms with Crippen LogP contribution in [0.4, 0.5) is 11.4 Å². The molecule has 1 aliphatic heterocycles. The molecule has 0 atom stereocenters. The van der Waals surface area contributed by atoms with Crippen LogP contribution >= 0.6 is 46.6 Å². The van der Waals surface area contributed by atoms with Gasteiger partial charge in [-0.25, -0.2) is 4.99 Å². The van der Waals surface area contributed by atoms with Crippen LogP contribution in [0.15, 0.2) is 76.6 Å². The fourth-order valence-corrected chi connectivity index (χ4v) is 4.27. The average molecular weight is 533 g/mol. The van der Waals surface area contributed by atoms with Crippen molar-refractivity contribution in [1.29, 1.82) is 0 Å². The molecule has 2 N–H and O–H groups in total. The topological polar surface area (TPSA) is 79.8 Å². The number of amides is 2. The molecule has 0 bridgehead atoms. The van der Waals surface area contributed by atoms with Gasteiger partial charge < -0.3 is 15.4 Å². The number of aliphatic imine (C=N–C) groups is 1. The Balaban J connectivity index is 1.37. The van der Waals surface area contributed by atoms with E-state index in [2.05, 4.69) is 15.6 Å². The molecule has 34 heavy (non-hydrogen) atoms. The monoisotopic (exact) mass is 531 g/mol. The Hall–Kier alpha value is -2.97. The number of amidine groups is 1. The summed E-state index contributed by atoms with van der Waals surface area (Å²) in [5.74, 6) is -0.289. The minimum atomic E-state index is -0.384. The molecular weight excluding hydrogens is 517 g/mol. The molecule has 3 aromatic rings. The lowest BCUT2D eigenvalue weighted by Gasteiger charge is -2.10. The van der Waals surface area contributed by atoms with Crippen molar-refractivity contribution in [2.24, 2.45) is 4.99 Å². The SMILES string of the molecule is O=C(COc1ccc(/C=C2/SC(=Nc3ccccc3)NC2=O)cc1Cl)Nc1ccc(Cl)c(Cl)c1. The highest BCUT2D eigenvalue weighted by molar-refractivity contribution is 8.18. The normalized spacial score (nSPS) is 15.4. The van der Waals surface area contributed by atoms with E-state index in [9.17, 15) is 9.59 Å². The van der Waals surface area contributed by atoms with Crippen LogP contribution in [0.3, 0.4) is 0 Å². The number of para-hydroxylation sites is 1. The quantitative estimate of drug-likeness (QED) is 0.353. The highest BCUT2D eigenvalue weighted by Gasteiger charge is 2.24. The van der Waals surface area contributed by atoms with E-state index in [4.69, 9.17) is 39.5 Å². The second-order valence-electron chi connectivity index (χ2n) is 6.97. The molecule has 3 aromatic carbocycles. The molecule has 1 aliphatic rings. The van der Waals surface area contributed by atoms with E-state index in [1.54, 1.807) is 42.5 Å². The summed E-state index contributed by atoms with van der Waals surface area (Å²) >= 11 is 19.4. The summed E-state index contributed by atoms with van der Waals surface area (Å²) in [6, 6.07) is 19.1. The maximum Gasteiger partial charge on any atom is 0.264 e. The molecule has 0 spiro atoms. The number of ether oxygens (including phenoxy) is 1. The maximum atomic E-state index is 12.3. The van der Waals surface area contributed by atoms with Crippen LogP contribution < -0.4 is 15.4 Å². The van der Waals surface area contributed by atoms with Crippen LogP contribution in [-0.2, 0) is 9.59 Å². The van der Waals surface area contributed by atoms with Gasteiger partial charge >= 0.3 is 0 Å². The average Bonchev–Trinajstić information content (AvgIpc) is 3.14. The maximum absolute atomic E-state index is 12.3. The van der Waals surface area contributed by atoms with Crippen LogP contribution in [0.1, 0.15) is 5.56 Å². The number of anilines is 1. The summed E-state index contributed by atoms with van der Waals surface area (Å²) in [7, 11) is 0. The van der Waals surface area contributed by atoms with Crippen molar-refractivity contribution in [3.8, 4) is 5.75 Å². The fourth-order valence-electron chi connectivity index (χ4n) is 2.89. The summed E-state index contributed by atoms with van der Waals surface area (Å²) in [6.07, 6.45) is 1.71. The lowest BCUT2D eigenvalue weighted by molar-refractivity contribution is -0.118. The predicted octanol–water partition coefficient (Wildman–Crippen LogP) is 6.56. The van der Waals surface area contributed by atoms with Gasteiger partial charge in [0, 0.05) is 5.69 Å². The van der Waals surface area contributed by atoms with Crippen LogP contribution in [0.2, 0.25) is 15.1 Å². The van der Waals surface area contributed by atoms with Gasteiger partial charge in [0.05, 0.1) is 25.7 Å². The molecule has 0 saturated carbocycles. The zero-order valence-corrected chi connectivity index (χ0v) is 20.4. The largest absolute Gasteiger partial charge is 0.482 e. The Morgan fingerprint density at radius 2 is 1.79 bits per heavy atom. The molecule has 2 amide bonds. The van der Waals surface area contributed by atoms with Gasteiger partial charge in [0.15, 0.2) is 11.8 Å². The van der Waals surface area contributed by atoms with Gasteiger partial charge in [-0.15, -0.1) is 0 Å². The van der Waals surface area contributed by atoms with Crippen LogP contribution in [0.5, 0.6) is 5.75 Å². The van der Waals surface area contributed by atoms with E-state index in [0.717, 1.165) is 5.69 Å². The summed E-state index contributed by atoms with van der Waals surface area (Å²) in [6.45, 7) is -0.252. The number of carbonyl (C=O) groups is 2. The summed E-state index contributed by atoms with van der Waals surface area (Å²) < 4.78 is 5.53. The third-order valence-electron chi connectivity index (χ3n) is 4.45. The lowest BCUT2D eigenvalue weighted by Crippen LogP contribution is -2.20.